The smallest absolute Gasteiger partial charge is 0.432 e. The van der Waals surface area contributed by atoms with Crippen molar-refractivity contribution in [2.24, 2.45) is 0 Å². The SMILES string of the molecule is C=COC(=O)OC(C)C(=O)OC=C. The van der Waals surface area contributed by atoms with E-state index in [1.807, 2.05) is 0 Å². The molecule has 0 saturated carbocycles. The highest BCUT2D eigenvalue weighted by Crippen LogP contribution is 1.97. The fraction of sp³-hybridized carbons (Fsp3) is 0.250. The molecule has 0 saturated heterocycles. The van der Waals surface area contributed by atoms with Crippen molar-refractivity contribution < 1.29 is 23.8 Å². The molecule has 0 heterocycles. The van der Waals surface area contributed by atoms with Crippen LogP contribution in [0.3, 0.4) is 0 Å². The molecule has 13 heavy (non-hydrogen) atoms. The standard InChI is InChI=1S/C8H10O5/c1-4-11-7(9)6(3)13-8(10)12-5-2/h4-6H,1-2H2,3H3. The van der Waals surface area contributed by atoms with Gasteiger partial charge < -0.3 is 14.2 Å². The van der Waals surface area contributed by atoms with Gasteiger partial charge in [0, 0.05) is 0 Å². The van der Waals surface area contributed by atoms with Gasteiger partial charge in [-0.15, -0.1) is 0 Å². The molecule has 1 unspecified atom stereocenters. The van der Waals surface area contributed by atoms with Gasteiger partial charge in [-0.2, -0.15) is 0 Å². The van der Waals surface area contributed by atoms with Crippen molar-refractivity contribution in [3.8, 4) is 0 Å². The van der Waals surface area contributed by atoms with E-state index in [1.54, 1.807) is 0 Å². The van der Waals surface area contributed by atoms with Gasteiger partial charge in [0.05, 0.1) is 12.5 Å². The summed E-state index contributed by atoms with van der Waals surface area (Å²) in [6.07, 6.45) is -0.205. The number of carbonyl (C=O) groups is 2. The molecule has 0 aliphatic rings. The van der Waals surface area contributed by atoms with E-state index in [1.165, 1.54) is 6.92 Å². The first-order valence-corrected chi connectivity index (χ1v) is 3.41. The molecule has 0 aliphatic heterocycles. The van der Waals surface area contributed by atoms with Gasteiger partial charge in [0.2, 0.25) is 0 Å². The number of ether oxygens (including phenoxy) is 3. The summed E-state index contributed by atoms with van der Waals surface area (Å²) in [7, 11) is 0. The lowest BCUT2D eigenvalue weighted by Crippen LogP contribution is -2.24. The topological polar surface area (TPSA) is 61.8 Å². The molecule has 5 heteroatoms. The van der Waals surface area contributed by atoms with Crippen LogP contribution < -0.4 is 0 Å². The largest absolute Gasteiger partial charge is 0.514 e. The lowest BCUT2D eigenvalue weighted by molar-refractivity contribution is -0.147. The van der Waals surface area contributed by atoms with Crippen LogP contribution in [0, 0.1) is 0 Å². The minimum atomic E-state index is -1.04. The van der Waals surface area contributed by atoms with Gasteiger partial charge in [-0.05, 0) is 6.92 Å². The van der Waals surface area contributed by atoms with Crippen molar-refractivity contribution in [2.45, 2.75) is 13.0 Å². The van der Waals surface area contributed by atoms with E-state index >= 15 is 0 Å². The molecule has 1 atom stereocenters. The van der Waals surface area contributed by atoms with E-state index in [9.17, 15) is 9.59 Å². The van der Waals surface area contributed by atoms with Gasteiger partial charge in [-0.3, -0.25) is 0 Å². The summed E-state index contributed by atoms with van der Waals surface area (Å²) in [6.45, 7) is 7.64. The first-order chi connectivity index (χ1) is 6.11. The third-order valence-electron chi connectivity index (χ3n) is 0.984. The monoisotopic (exact) mass is 186 g/mol. The normalized spacial score (nSPS) is 10.8. The van der Waals surface area contributed by atoms with E-state index in [0.717, 1.165) is 12.5 Å². The number of esters is 1. The van der Waals surface area contributed by atoms with Gasteiger partial charge in [-0.25, -0.2) is 9.59 Å². The molecule has 0 spiro atoms. The zero-order valence-electron chi connectivity index (χ0n) is 7.19. The van der Waals surface area contributed by atoms with Gasteiger partial charge in [-0.1, -0.05) is 13.2 Å². The van der Waals surface area contributed by atoms with Crippen molar-refractivity contribution in [2.75, 3.05) is 0 Å². The lowest BCUT2D eigenvalue weighted by Gasteiger charge is -2.08. The molecule has 0 aromatic rings. The fourth-order valence-electron chi connectivity index (χ4n) is 0.466. The quantitative estimate of drug-likeness (QED) is 0.490. The van der Waals surface area contributed by atoms with Crippen molar-refractivity contribution in [1.82, 2.24) is 0 Å². The highest BCUT2D eigenvalue weighted by Gasteiger charge is 2.18. The molecule has 0 aromatic carbocycles. The van der Waals surface area contributed by atoms with Gasteiger partial charge >= 0.3 is 12.1 Å². The zero-order valence-corrected chi connectivity index (χ0v) is 7.19. The summed E-state index contributed by atoms with van der Waals surface area (Å²) in [5.74, 6) is -0.726. The van der Waals surface area contributed by atoms with Crippen molar-refractivity contribution in [3.05, 3.63) is 25.7 Å². The molecule has 0 rings (SSSR count). The fourth-order valence-corrected chi connectivity index (χ4v) is 0.466. The van der Waals surface area contributed by atoms with Crippen LogP contribution in [0.5, 0.6) is 0 Å². The van der Waals surface area contributed by atoms with E-state index in [-0.39, 0.29) is 0 Å². The number of rotatable bonds is 4. The molecule has 0 N–H and O–H groups in total. The second-order valence-corrected chi connectivity index (χ2v) is 1.90. The maximum Gasteiger partial charge on any atom is 0.514 e. The second kappa shape index (κ2) is 5.82. The third-order valence-corrected chi connectivity index (χ3v) is 0.984. The zero-order chi connectivity index (χ0) is 10.3. The Morgan fingerprint density at radius 1 is 1.23 bits per heavy atom. The second-order valence-electron chi connectivity index (χ2n) is 1.90. The summed E-state index contributed by atoms with van der Waals surface area (Å²) in [6, 6.07) is 0. The Hall–Kier alpha value is -1.78. The molecule has 0 aliphatic carbocycles. The van der Waals surface area contributed by atoms with E-state index < -0.39 is 18.2 Å². The van der Waals surface area contributed by atoms with Crippen LogP contribution in [-0.4, -0.2) is 18.2 Å². The van der Waals surface area contributed by atoms with Crippen molar-refractivity contribution in [3.63, 3.8) is 0 Å². The number of carbonyl (C=O) groups excluding carboxylic acids is 2. The first kappa shape index (κ1) is 11.2. The molecule has 0 aromatic heterocycles. The predicted octanol–water partition coefficient (Wildman–Crippen LogP) is 1.36. The highest BCUT2D eigenvalue weighted by atomic mass is 16.7. The molecule has 72 valence electrons. The first-order valence-electron chi connectivity index (χ1n) is 3.41. The van der Waals surface area contributed by atoms with Crippen molar-refractivity contribution >= 4 is 12.1 Å². The predicted molar refractivity (Wildman–Crippen MR) is 43.5 cm³/mol. The Kier molecular flexibility index (Phi) is 5.02. The molecule has 0 radical (unpaired) electrons. The van der Waals surface area contributed by atoms with Gasteiger partial charge in [0.15, 0.2) is 6.10 Å². The number of hydrogen-bond donors (Lipinski definition) is 0. The Bertz CT molecular complexity index is 221. The van der Waals surface area contributed by atoms with Crippen LogP contribution in [0.2, 0.25) is 0 Å². The maximum absolute atomic E-state index is 10.8. The Morgan fingerprint density at radius 2 is 1.77 bits per heavy atom. The molecule has 0 fully saturated rings. The van der Waals surface area contributed by atoms with Crippen LogP contribution in [0.15, 0.2) is 25.7 Å². The van der Waals surface area contributed by atoms with Crippen LogP contribution in [0.25, 0.3) is 0 Å². The average molecular weight is 186 g/mol. The van der Waals surface area contributed by atoms with Gasteiger partial charge in [0.25, 0.3) is 0 Å². The number of hydrogen-bond acceptors (Lipinski definition) is 5. The summed E-state index contributed by atoms with van der Waals surface area (Å²) in [5, 5.41) is 0. The van der Waals surface area contributed by atoms with Crippen LogP contribution in [0.4, 0.5) is 4.79 Å². The molecular weight excluding hydrogens is 176 g/mol. The summed E-state index contributed by atoms with van der Waals surface area (Å²) in [5.41, 5.74) is 0. The van der Waals surface area contributed by atoms with E-state index in [4.69, 9.17) is 0 Å². The molecular formula is C8H10O5. The highest BCUT2D eigenvalue weighted by molar-refractivity contribution is 5.77. The minimum Gasteiger partial charge on any atom is -0.432 e. The van der Waals surface area contributed by atoms with E-state index in [0.29, 0.717) is 0 Å². The lowest BCUT2D eigenvalue weighted by atomic mass is 10.4. The Balaban J connectivity index is 3.90. The van der Waals surface area contributed by atoms with Crippen LogP contribution in [0.1, 0.15) is 6.92 Å². The van der Waals surface area contributed by atoms with Gasteiger partial charge in [0.1, 0.15) is 0 Å². The van der Waals surface area contributed by atoms with Crippen molar-refractivity contribution in [1.29, 1.82) is 0 Å². The summed E-state index contributed by atoms with van der Waals surface area (Å²) < 4.78 is 13.0. The average Bonchev–Trinajstić information content (AvgIpc) is 2.05. The maximum atomic E-state index is 10.8. The third kappa shape index (κ3) is 4.62. The Labute approximate surface area is 75.6 Å². The molecule has 0 amide bonds. The summed E-state index contributed by atoms with van der Waals surface area (Å²) >= 11 is 0. The van der Waals surface area contributed by atoms with Crippen LogP contribution in [-0.2, 0) is 19.0 Å². The Morgan fingerprint density at radius 3 is 2.23 bits per heavy atom. The molecule has 0 bridgehead atoms. The van der Waals surface area contributed by atoms with Crippen LogP contribution >= 0.6 is 0 Å². The minimum absolute atomic E-state index is 0.726. The van der Waals surface area contributed by atoms with E-state index in [2.05, 4.69) is 27.4 Å². The molecule has 5 nitrogen and oxygen atoms in total. The summed E-state index contributed by atoms with van der Waals surface area (Å²) in [4.78, 5) is 21.4.